The van der Waals surface area contributed by atoms with Gasteiger partial charge in [0.15, 0.2) is 0 Å². The van der Waals surface area contributed by atoms with Crippen LogP contribution >= 0.6 is 11.6 Å². The summed E-state index contributed by atoms with van der Waals surface area (Å²) in [5.41, 5.74) is 1.65. The summed E-state index contributed by atoms with van der Waals surface area (Å²) in [5, 5.41) is 11.4. The van der Waals surface area contributed by atoms with E-state index in [1.807, 2.05) is 24.0 Å². The summed E-state index contributed by atoms with van der Waals surface area (Å²) in [6.07, 6.45) is 1.52. The number of halogens is 1. The second-order valence-corrected chi connectivity index (χ2v) is 9.05. The Kier molecular flexibility index (Phi) is 5.48. The third-order valence-corrected chi connectivity index (χ3v) is 7.23. The van der Waals surface area contributed by atoms with Gasteiger partial charge in [-0.05, 0) is 56.3 Å². The van der Waals surface area contributed by atoms with Crippen molar-refractivity contribution in [2.75, 3.05) is 46.3 Å². The van der Waals surface area contributed by atoms with Crippen LogP contribution in [0.3, 0.4) is 0 Å². The number of aryl methyl sites for hydroxylation is 1. The Labute approximate surface area is 166 Å². The minimum absolute atomic E-state index is 0.0666. The molecule has 0 radical (unpaired) electrons. The first-order chi connectivity index (χ1) is 12.9. The molecule has 6 heteroatoms. The quantitative estimate of drug-likeness (QED) is 0.838. The number of hydrogen-bond donors (Lipinski definition) is 1. The molecule has 4 rings (SSSR count). The number of likely N-dealkylation sites (N-methyl/N-ethyl adjacent to an activating group) is 1. The molecule has 1 aliphatic carbocycles. The van der Waals surface area contributed by atoms with Crippen LogP contribution in [0.4, 0.5) is 0 Å². The molecule has 3 aliphatic rings. The fourth-order valence-electron chi connectivity index (χ4n) is 5.03. The van der Waals surface area contributed by atoms with Gasteiger partial charge in [-0.1, -0.05) is 17.7 Å². The molecule has 5 nitrogen and oxygen atoms in total. The van der Waals surface area contributed by atoms with Crippen molar-refractivity contribution in [3.63, 3.8) is 0 Å². The monoisotopic (exact) mass is 391 g/mol. The molecule has 2 heterocycles. The van der Waals surface area contributed by atoms with Gasteiger partial charge in [-0.15, -0.1) is 0 Å². The van der Waals surface area contributed by atoms with Crippen molar-refractivity contribution < 1.29 is 9.90 Å². The summed E-state index contributed by atoms with van der Waals surface area (Å²) in [6, 6.07) is 5.80. The molecule has 2 saturated heterocycles. The second-order valence-electron chi connectivity index (χ2n) is 8.64. The Morgan fingerprint density at radius 3 is 2.44 bits per heavy atom. The predicted octanol–water partition coefficient (Wildman–Crippen LogP) is 2.11. The van der Waals surface area contributed by atoms with E-state index in [0.717, 1.165) is 57.7 Å². The molecule has 2 aliphatic heterocycles. The highest BCUT2D eigenvalue weighted by Gasteiger charge is 2.44. The summed E-state index contributed by atoms with van der Waals surface area (Å²) in [4.78, 5) is 19.7. The summed E-state index contributed by atoms with van der Waals surface area (Å²) >= 11 is 6.21. The van der Waals surface area contributed by atoms with Gasteiger partial charge in [0.2, 0.25) is 0 Å². The topological polar surface area (TPSA) is 47.0 Å². The van der Waals surface area contributed by atoms with Gasteiger partial charge < -0.3 is 14.9 Å². The minimum Gasteiger partial charge on any atom is -0.391 e. The number of carbonyl (C=O) groups excluding carboxylic acids is 1. The maximum Gasteiger partial charge on any atom is 0.253 e. The van der Waals surface area contributed by atoms with Gasteiger partial charge >= 0.3 is 0 Å². The van der Waals surface area contributed by atoms with E-state index in [4.69, 9.17) is 11.6 Å². The molecule has 0 aromatic heterocycles. The van der Waals surface area contributed by atoms with Gasteiger partial charge in [0.25, 0.3) is 5.91 Å². The zero-order chi connectivity index (χ0) is 19.1. The number of rotatable bonds is 2. The molecule has 3 fully saturated rings. The van der Waals surface area contributed by atoms with Crippen molar-refractivity contribution in [3.05, 3.63) is 34.3 Å². The van der Waals surface area contributed by atoms with E-state index in [-0.39, 0.29) is 18.1 Å². The van der Waals surface area contributed by atoms with E-state index in [9.17, 15) is 9.90 Å². The molecule has 27 heavy (non-hydrogen) atoms. The van der Waals surface area contributed by atoms with Crippen molar-refractivity contribution in [1.82, 2.24) is 14.7 Å². The first kappa shape index (κ1) is 19.2. The molecule has 1 N–H and O–H groups in total. The van der Waals surface area contributed by atoms with Gasteiger partial charge in [-0.25, -0.2) is 0 Å². The Balaban J connectivity index is 1.42. The van der Waals surface area contributed by atoms with Crippen LogP contribution in [0, 0.1) is 18.8 Å². The molecule has 1 aromatic rings. The van der Waals surface area contributed by atoms with Gasteiger partial charge in [-0.2, -0.15) is 0 Å². The van der Waals surface area contributed by atoms with Crippen molar-refractivity contribution in [1.29, 1.82) is 0 Å². The van der Waals surface area contributed by atoms with E-state index in [0.29, 0.717) is 22.4 Å². The molecule has 0 spiro atoms. The molecular weight excluding hydrogens is 362 g/mol. The van der Waals surface area contributed by atoms with Crippen LogP contribution in [-0.2, 0) is 0 Å². The van der Waals surface area contributed by atoms with Crippen LogP contribution in [-0.4, -0.2) is 84.2 Å². The molecule has 0 unspecified atom stereocenters. The summed E-state index contributed by atoms with van der Waals surface area (Å²) < 4.78 is 0. The van der Waals surface area contributed by atoms with E-state index < -0.39 is 0 Å². The number of aliphatic hydroxyl groups is 1. The average molecular weight is 392 g/mol. The van der Waals surface area contributed by atoms with Gasteiger partial charge in [0, 0.05) is 55.9 Å². The minimum atomic E-state index is -0.279. The SMILES string of the molecule is Cc1ccc(C(=O)N2C[C@H]3C[C@@H](N4CCN(C)CC4)[C@H](O)C[C@H]3C2)cc1Cl. The lowest BCUT2D eigenvalue weighted by molar-refractivity contribution is -0.0249. The molecule has 1 saturated carbocycles. The number of hydrogen-bond acceptors (Lipinski definition) is 4. The number of benzene rings is 1. The summed E-state index contributed by atoms with van der Waals surface area (Å²) in [6.45, 7) is 7.68. The van der Waals surface area contributed by atoms with Crippen LogP contribution < -0.4 is 0 Å². The van der Waals surface area contributed by atoms with Crippen molar-refractivity contribution in [2.24, 2.45) is 11.8 Å². The van der Waals surface area contributed by atoms with Crippen LogP contribution in [0.5, 0.6) is 0 Å². The highest BCUT2D eigenvalue weighted by molar-refractivity contribution is 6.31. The predicted molar refractivity (Wildman–Crippen MR) is 107 cm³/mol. The molecule has 0 bridgehead atoms. The normalized spacial score (nSPS) is 32.5. The van der Waals surface area contributed by atoms with Crippen molar-refractivity contribution >= 4 is 17.5 Å². The lowest BCUT2D eigenvalue weighted by Crippen LogP contribution is -2.55. The Morgan fingerprint density at radius 2 is 1.78 bits per heavy atom. The standard InChI is InChI=1S/C21H30ClN3O2/c1-14-3-4-15(9-18(14)22)21(27)25-12-16-10-19(20(26)11-17(16)13-25)24-7-5-23(2)6-8-24/h3-4,9,16-17,19-20,26H,5-8,10-13H2,1-2H3/t16-,17+,19-,20-/m1/s1. The van der Waals surface area contributed by atoms with Crippen LogP contribution in [0.15, 0.2) is 18.2 Å². The number of likely N-dealkylation sites (tertiary alicyclic amines) is 1. The van der Waals surface area contributed by atoms with Gasteiger partial charge in [0.05, 0.1) is 6.10 Å². The first-order valence-corrected chi connectivity index (χ1v) is 10.5. The van der Waals surface area contributed by atoms with E-state index in [1.165, 1.54) is 0 Å². The molecule has 1 amide bonds. The Morgan fingerprint density at radius 1 is 1.11 bits per heavy atom. The fraction of sp³-hybridized carbons (Fsp3) is 0.667. The number of carbonyl (C=O) groups is 1. The molecule has 4 atom stereocenters. The molecule has 1 aromatic carbocycles. The molecule has 148 valence electrons. The Bertz CT molecular complexity index is 705. The number of nitrogens with zero attached hydrogens (tertiary/aromatic N) is 3. The largest absolute Gasteiger partial charge is 0.391 e. The van der Waals surface area contributed by atoms with Gasteiger partial charge in [-0.3, -0.25) is 9.69 Å². The first-order valence-electron chi connectivity index (χ1n) is 10.1. The number of fused-ring (bicyclic) bond motifs is 1. The average Bonchev–Trinajstić information content (AvgIpc) is 3.06. The third kappa shape index (κ3) is 3.88. The summed E-state index contributed by atoms with van der Waals surface area (Å²) in [5.74, 6) is 0.966. The van der Waals surface area contributed by atoms with Crippen molar-refractivity contribution in [3.8, 4) is 0 Å². The highest BCUT2D eigenvalue weighted by atomic mass is 35.5. The van der Waals surface area contributed by atoms with Gasteiger partial charge in [0.1, 0.15) is 0 Å². The fourth-order valence-corrected chi connectivity index (χ4v) is 5.21. The maximum absolute atomic E-state index is 12.9. The number of piperazine rings is 1. The second kappa shape index (κ2) is 7.70. The zero-order valence-corrected chi connectivity index (χ0v) is 17.0. The van der Waals surface area contributed by atoms with Crippen molar-refractivity contribution in [2.45, 2.75) is 31.9 Å². The number of amides is 1. The van der Waals surface area contributed by atoms with Crippen LogP contribution in [0.25, 0.3) is 0 Å². The van der Waals surface area contributed by atoms with Crippen LogP contribution in [0.2, 0.25) is 5.02 Å². The highest BCUT2D eigenvalue weighted by Crippen LogP contribution is 2.39. The third-order valence-electron chi connectivity index (χ3n) is 6.82. The smallest absolute Gasteiger partial charge is 0.253 e. The maximum atomic E-state index is 12.9. The lowest BCUT2D eigenvalue weighted by atomic mass is 9.77. The van der Waals surface area contributed by atoms with E-state index in [2.05, 4.69) is 16.8 Å². The zero-order valence-electron chi connectivity index (χ0n) is 16.3. The Hall–Kier alpha value is -1.14. The summed E-state index contributed by atoms with van der Waals surface area (Å²) in [7, 11) is 2.16. The van der Waals surface area contributed by atoms with Crippen LogP contribution in [0.1, 0.15) is 28.8 Å². The van der Waals surface area contributed by atoms with E-state index >= 15 is 0 Å². The lowest BCUT2D eigenvalue weighted by Gasteiger charge is -2.44. The number of aliphatic hydroxyl groups excluding tert-OH is 1. The van der Waals surface area contributed by atoms with E-state index in [1.54, 1.807) is 6.07 Å². The molecular formula is C21H30ClN3O2.